The zero-order chi connectivity index (χ0) is 10.9. The van der Waals surface area contributed by atoms with Gasteiger partial charge in [-0.05, 0) is 43.5 Å². The number of rotatable bonds is 1. The van der Waals surface area contributed by atoms with Gasteiger partial charge in [0.1, 0.15) is 0 Å². The summed E-state index contributed by atoms with van der Waals surface area (Å²) in [6.07, 6.45) is 1.31. The Hall–Kier alpha value is 0.1000. The van der Waals surface area contributed by atoms with E-state index in [0.29, 0.717) is 26.1 Å². The Morgan fingerprint density at radius 1 is 1.20 bits per heavy atom. The standard InChI is InChI=1S/C11H12Br2O2/c12-9-3-1-2-8(10(9)13)11(14)4-6-15-7-5-11/h1-3,14H,4-7H2. The zero-order valence-electron chi connectivity index (χ0n) is 8.17. The van der Waals surface area contributed by atoms with Gasteiger partial charge in [-0.2, -0.15) is 0 Å². The highest BCUT2D eigenvalue weighted by atomic mass is 79.9. The molecule has 1 saturated heterocycles. The van der Waals surface area contributed by atoms with Crippen LogP contribution in [0.1, 0.15) is 18.4 Å². The minimum absolute atomic E-state index is 0.620. The van der Waals surface area contributed by atoms with Gasteiger partial charge in [0.25, 0.3) is 0 Å². The maximum Gasteiger partial charge on any atom is 0.0951 e. The molecule has 4 heteroatoms. The van der Waals surface area contributed by atoms with Crippen molar-refractivity contribution in [3.8, 4) is 0 Å². The monoisotopic (exact) mass is 334 g/mol. The van der Waals surface area contributed by atoms with Crippen LogP contribution < -0.4 is 0 Å². The molecule has 1 aliphatic rings. The van der Waals surface area contributed by atoms with Crippen molar-refractivity contribution < 1.29 is 9.84 Å². The largest absolute Gasteiger partial charge is 0.385 e. The van der Waals surface area contributed by atoms with Crippen molar-refractivity contribution in [3.05, 3.63) is 32.7 Å². The summed E-state index contributed by atoms with van der Waals surface area (Å²) in [6, 6.07) is 5.86. The number of hydrogen-bond acceptors (Lipinski definition) is 2. The minimum atomic E-state index is -0.749. The Morgan fingerprint density at radius 3 is 2.53 bits per heavy atom. The average Bonchev–Trinajstić information content (AvgIpc) is 2.23. The quantitative estimate of drug-likeness (QED) is 0.854. The van der Waals surface area contributed by atoms with E-state index in [1.165, 1.54) is 0 Å². The van der Waals surface area contributed by atoms with Gasteiger partial charge in [-0.25, -0.2) is 0 Å². The van der Waals surface area contributed by atoms with E-state index in [1.807, 2.05) is 18.2 Å². The molecule has 0 spiro atoms. The molecule has 15 heavy (non-hydrogen) atoms. The number of hydrogen-bond donors (Lipinski definition) is 1. The number of benzene rings is 1. The lowest BCUT2D eigenvalue weighted by molar-refractivity contribution is -0.0683. The van der Waals surface area contributed by atoms with Crippen molar-refractivity contribution in [1.29, 1.82) is 0 Å². The van der Waals surface area contributed by atoms with Crippen LogP contribution in [-0.4, -0.2) is 18.3 Å². The molecule has 82 valence electrons. The third-order valence-corrected chi connectivity index (χ3v) is 4.82. The molecule has 0 atom stereocenters. The summed E-state index contributed by atoms with van der Waals surface area (Å²) in [4.78, 5) is 0. The van der Waals surface area contributed by atoms with E-state index in [2.05, 4.69) is 31.9 Å². The molecule has 1 aromatic carbocycles. The summed E-state index contributed by atoms with van der Waals surface area (Å²) in [5.41, 5.74) is 0.195. The first-order chi connectivity index (χ1) is 7.13. The fraction of sp³-hybridized carbons (Fsp3) is 0.455. The second-order valence-corrected chi connectivity index (χ2v) is 5.39. The lowest BCUT2D eigenvalue weighted by Crippen LogP contribution is -2.33. The molecule has 1 heterocycles. The van der Waals surface area contributed by atoms with Gasteiger partial charge < -0.3 is 9.84 Å². The van der Waals surface area contributed by atoms with E-state index in [0.717, 1.165) is 14.5 Å². The molecule has 0 unspecified atom stereocenters. The molecule has 2 nitrogen and oxygen atoms in total. The summed E-state index contributed by atoms with van der Waals surface area (Å²) in [5.74, 6) is 0. The van der Waals surface area contributed by atoms with Crippen LogP contribution in [0.4, 0.5) is 0 Å². The normalized spacial score (nSPS) is 20.2. The molecule has 0 radical (unpaired) electrons. The molecule has 0 amide bonds. The highest BCUT2D eigenvalue weighted by molar-refractivity contribution is 9.13. The number of ether oxygens (including phenoxy) is 1. The lowest BCUT2D eigenvalue weighted by Gasteiger charge is -2.33. The third-order valence-electron chi connectivity index (χ3n) is 2.77. The van der Waals surface area contributed by atoms with Gasteiger partial charge in [0.2, 0.25) is 0 Å². The van der Waals surface area contributed by atoms with E-state index in [-0.39, 0.29) is 0 Å². The number of halogens is 2. The van der Waals surface area contributed by atoms with Gasteiger partial charge in [-0.15, -0.1) is 0 Å². The fourth-order valence-electron chi connectivity index (χ4n) is 1.84. The van der Waals surface area contributed by atoms with Gasteiger partial charge in [0.05, 0.1) is 5.60 Å². The third kappa shape index (κ3) is 2.28. The van der Waals surface area contributed by atoms with Gasteiger partial charge in [-0.3, -0.25) is 0 Å². The average molecular weight is 336 g/mol. The van der Waals surface area contributed by atoms with Gasteiger partial charge in [0, 0.05) is 35.0 Å². The summed E-state index contributed by atoms with van der Waals surface area (Å²) in [6.45, 7) is 1.24. The van der Waals surface area contributed by atoms with Crippen LogP contribution in [0.25, 0.3) is 0 Å². The van der Waals surface area contributed by atoms with Gasteiger partial charge in [0.15, 0.2) is 0 Å². The summed E-state index contributed by atoms with van der Waals surface area (Å²) in [7, 11) is 0. The van der Waals surface area contributed by atoms with Gasteiger partial charge in [-0.1, -0.05) is 12.1 Å². The predicted octanol–water partition coefficient (Wildman–Crippen LogP) is 3.21. The van der Waals surface area contributed by atoms with E-state index >= 15 is 0 Å². The van der Waals surface area contributed by atoms with Crippen molar-refractivity contribution in [3.63, 3.8) is 0 Å². The maximum absolute atomic E-state index is 10.5. The zero-order valence-corrected chi connectivity index (χ0v) is 11.3. The smallest absolute Gasteiger partial charge is 0.0951 e. The Bertz CT molecular complexity index is 360. The minimum Gasteiger partial charge on any atom is -0.385 e. The molecular weight excluding hydrogens is 324 g/mol. The van der Waals surface area contributed by atoms with E-state index in [4.69, 9.17) is 4.74 Å². The van der Waals surface area contributed by atoms with Crippen LogP contribution >= 0.6 is 31.9 Å². The first-order valence-corrected chi connectivity index (χ1v) is 6.47. The van der Waals surface area contributed by atoms with Crippen LogP contribution in [0, 0.1) is 0 Å². The second-order valence-electron chi connectivity index (χ2n) is 3.75. The first-order valence-electron chi connectivity index (χ1n) is 4.88. The van der Waals surface area contributed by atoms with Crippen LogP contribution in [0.3, 0.4) is 0 Å². The topological polar surface area (TPSA) is 29.5 Å². The molecule has 0 aliphatic carbocycles. The predicted molar refractivity (Wildman–Crippen MR) is 65.8 cm³/mol. The van der Waals surface area contributed by atoms with E-state index < -0.39 is 5.60 Å². The summed E-state index contributed by atoms with van der Waals surface area (Å²) >= 11 is 6.95. The fourth-order valence-corrected chi connectivity index (χ4v) is 2.84. The Kier molecular flexibility index (Phi) is 3.50. The molecule has 1 aliphatic heterocycles. The molecule has 0 bridgehead atoms. The molecular formula is C11H12Br2O2. The molecule has 0 saturated carbocycles. The molecule has 1 fully saturated rings. The van der Waals surface area contributed by atoms with E-state index in [1.54, 1.807) is 0 Å². The highest BCUT2D eigenvalue weighted by Gasteiger charge is 2.33. The van der Waals surface area contributed by atoms with Crippen LogP contribution in [0.2, 0.25) is 0 Å². The maximum atomic E-state index is 10.5. The molecule has 0 aromatic heterocycles. The lowest BCUT2D eigenvalue weighted by atomic mass is 9.86. The van der Waals surface area contributed by atoms with E-state index in [9.17, 15) is 5.11 Å². The summed E-state index contributed by atoms with van der Waals surface area (Å²) in [5, 5.41) is 10.5. The highest BCUT2D eigenvalue weighted by Crippen LogP contribution is 2.39. The van der Waals surface area contributed by atoms with Gasteiger partial charge >= 0.3 is 0 Å². The Balaban J connectivity index is 2.39. The van der Waals surface area contributed by atoms with Crippen LogP contribution in [0.15, 0.2) is 27.1 Å². The SMILES string of the molecule is OC1(c2cccc(Br)c2Br)CCOCC1. The van der Waals surface area contributed by atoms with Crippen molar-refractivity contribution in [1.82, 2.24) is 0 Å². The van der Waals surface area contributed by atoms with Crippen LogP contribution in [0.5, 0.6) is 0 Å². The van der Waals surface area contributed by atoms with Crippen molar-refractivity contribution >= 4 is 31.9 Å². The number of aliphatic hydroxyl groups is 1. The molecule has 2 rings (SSSR count). The van der Waals surface area contributed by atoms with Crippen LogP contribution in [-0.2, 0) is 10.3 Å². The van der Waals surface area contributed by atoms with Crippen molar-refractivity contribution in [2.75, 3.05) is 13.2 Å². The Morgan fingerprint density at radius 2 is 1.87 bits per heavy atom. The summed E-state index contributed by atoms with van der Waals surface area (Å²) < 4.78 is 7.18. The van der Waals surface area contributed by atoms with Crippen molar-refractivity contribution in [2.24, 2.45) is 0 Å². The van der Waals surface area contributed by atoms with Crippen molar-refractivity contribution in [2.45, 2.75) is 18.4 Å². The molecule has 1 N–H and O–H groups in total. The molecule has 1 aromatic rings. The first kappa shape index (κ1) is 11.6. The second kappa shape index (κ2) is 4.53. The Labute approximate surface area is 106 Å².